The first kappa shape index (κ1) is 31.7. The monoisotopic (exact) mass is 618 g/mol. The van der Waals surface area contributed by atoms with Crippen molar-refractivity contribution in [2.75, 3.05) is 45.9 Å². The van der Waals surface area contributed by atoms with Crippen molar-refractivity contribution in [2.24, 2.45) is 0 Å². The topological polar surface area (TPSA) is 79.3 Å². The molecule has 2 heterocycles. The van der Waals surface area contributed by atoms with Gasteiger partial charge in [-0.3, -0.25) is 19.4 Å². The first-order chi connectivity index (χ1) is 22.4. The van der Waals surface area contributed by atoms with Gasteiger partial charge in [0.15, 0.2) is 0 Å². The molecule has 6 rings (SSSR count). The summed E-state index contributed by atoms with van der Waals surface area (Å²) in [5.41, 5.74) is 10.3. The molecule has 1 unspecified atom stereocenters. The molecule has 0 amide bonds. The second kappa shape index (κ2) is 15.3. The second-order valence-electron chi connectivity index (χ2n) is 12.5. The molecule has 0 spiro atoms. The minimum atomic E-state index is -1.02. The predicted molar refractivity (Wildman–Crippen MR) is 178 cm³/mol. The van der Waals surface area contributed by atoms with Crippen molar-refractivity contribution in [1.82, 2.24) is 9.80 Å². The van der Waals surface area contributed by atoms with Gasteiger partial charge < -0.3 is 14.6 Å². The molecule has 2 fully saturated rings. The van der Waals surface area contributed by atoms with Gasteiger partial charge in [0.1, 0.15) is 6.61 Å². The molecule has 1 atom stereocenters. The molecule has 2 aliphatic rings. The number of aliphatic hydroxyl groups is 1. The Morgan fingerprint density at radius 3 is 1.30 bits per heavy atom. The maximum Gasteiger partial charge on any atom is 0.322 e. The van der Waals surface area contributed by atoms with Crippen LogP contribution in [-0.4, -0.2) is 79.0 Å². The van der Waals surface area contributed by atoms with Gasteiger partial charge in [-0.25, -0.2) is 0 Å². The molecule has 4 aromatic carbocycles. The van der Waals surface area contributed by atoms with Gasteiger partial charge in [-0.1, -0.05) is 97.1 Å². The Balaban J connectivity index is 0.934. The van der Waals surface area contributed by atoms with Gasteiger partial charge in [0.25, 0.3) is 0 Å². The standard InChI is InChI=1S/C39H42N2O5/c42-37-26-40(21-22-45-37)19-17-29-1-5-31(6-2-29)23-33-9-13-35(14-10-33)25-36-15-11-34(12-16-36)24-32-7-3-30(4-8-32)18-20-41-27-38(43)46-39(44)28-41/h1-16,38,43H,17-28H2. The number of ether oxygens (including phenoxy) is 2. The highest BCUT2D eigenvalue weighted by molar-refractivity contribution is 5.72. The quantitative estimate of drug-likeness (QED) is 0.233. The van der Waals surface area contributed by atoms with Gasteiger partial charge in [-0.15, -0.1) is 0 Å². The number of β-amino-alcohol motifs (C(OH)–C–C–N with tert-alkyl or cyclic N) is 1. The van der Waals surface area contributed by atoms with Crippen molar-refractivity contribution in [1.29, 1.82) is 0 Å². The Morgan fingerprint density at radius 2 is 0.913 bits per heavy atom. The molecule has 7 nitrogen and oxygen atoms in total. The van der Waals surface area contributed by atoms with E-state index in [1.54, 1.807) is 0 Å². The lowest BCUT2D eigenvalue weighted by Crippen LogP contribution is -2.45. The molecular weight excluding hydrogens is 576 g/mol. The smallest absolute Gasteiger partial charge is 0.322 e. The average Bonchev–Trinajstić information content (AvgIpc) is 3.06. The van der Waals surface area contributed by atoms with Gasteiger partial charge in [-0.2, -0.15) is 0 Å². The highest BCUT2D eigenvalue weighted by Crippen LogP contribution is 2.18. The van der Waals surface area contributed by atoms with E-state index in [-0.39, 0.29) is 18.5 Å². The lowest BCUT2D eigenvalue weighted by Gasteiger charge is -2.28. The molecule has 238 valence electrons. The highest BCUT2D eigenvalue weighted by atomic mass is 16.6. The Labute approximate surface area is 271 Å². The van der Waals surface area contributed by atoms with Gasteiger partial charge >= 0.3 is 11.9 Å². The number of morpholine rings is 2. The largest absolute Gasteiger partial charge is 0.463 e. The summed E-state index contributed by atoms with van der Waals surface area (Å²) in [7, 11) is 0. The molecule has 0 bridgehead atoms. The molecule has 1 N–H and O–H groups in total. The maximum absolute atomic E-state index is 11.5. The fourth-order valence-electron chi connectivity index (χ4n) is 6.13. The Morgan fingerprint density at radius 1 is 0.543 bits per heavy atom. The molecule has 7 heteroatoms. The summed E-state index contributed by atoms with van der Waals surface area (Å²) in [6.45, 7) is 3.90. The highest BCUT2D eigenvalue weighted by Gasteiger charge is 2.24. The van der Waals surface area contributed by atoms with E-state index in [0.29, 0.717) is 26.2 Å². The molecule has 0 aromatic heterocycles. The van der Waals surface area contributed by atoms with Crippen LogP contribution < -0.4 is 0 Å². The van der Waals surface area contributed by atoms with Crippen LogP contribution in [0.1, 0.15) is 44.5 Å². The number of carbonyl (C=O) groups is 2. The number of esters is 2. The van der Waals surface area contributed by atoms with E-state index in [1.165, 1.54) is 44.5 Å². The fraction of sp³-hybridized carbons (Fsp3) is 0.333. The third-order valence-electron chi connectivity index (χ3n) is 8.81. The van der Waals surface area contributed by atoms with Gasteiger partial charge in [-0.05, 0) is 76.6 Å². The number of cyclic esters (lactones) is 2. The number of aliphatic hydroxyl groups excluding tert-OH is 1. The molecule has 4 aromatic rings. The van der Waals surface area contributed by atoms with Crippen LogP contribution in [0, 0.1) is 0 Å². The molecular formula is C39H42N2O5. The number of rotatable bonds is 12. The SMILES string of the molecule is O=C1CN(CCc2ccc(Cc3ccc(Cc4ccc(Cc5ccc(CCN6CC(=O)OC(O)C6)cc5)cc4)cc3)cc2)CCO1. The van der Waals surface area contributed by atoms with Crippen LogP contribution in [0.3, 0.4) is 0 Å². The first-order valence-corrected chi connectivity index (χ1v) is 16.2. The van der Waals surface area contributed by atoms with Gasteiger partial charge in [0.05, 0.1) is 19.6 Å². The minimum absolute atomic E-state index is 0.123. The third kappa shape index (κ3) is 9.36. The summed E-state index contributed by atoms with van der Waals surface area (Å²) >= 11 is 0. The van der Waals surface area contributed by atoms with E-state index in [1.807, 2.05) is 4.90 Å². The number of hydrogen-bond acceptors (Lipinski definition) is 7. The van der Waals surface area contributed by atoms with Crippen molar-refractivity contribution in [2.45, 2.75) is 38.4 Å². The fourth-order valence-corrected chi connectivity index (χ4v) is 6.13. The molecule has 0 radical (unpaired) electrons. The van der Waals surface area contributed by atoms with E-state index in [9.17, 15) is 14.7 Å². The first-order valence-electron chi connectivity index (χ1n) is 16.2. The van der Waals surface area contributed by atoms with Crippen LogP contribution in [-0.2, 0) is 51.2 Å². The number of carbonyl (C=O) groups excluding carboxylic acids is 2. The summed E-state index contributed by atoms with van der Waals surface area (Å²) in [6.07, 6.45) is 3.44. The van der Waals surface area contributed by atoms with Crippen LogP contribution >= 0.6 is 0 Å². The normalized spacial score (nSPS) is 17.5. The Bertz CT molecular complexity index is 1580. The number of nitrogens with zero attached hydrogens (tertiary/aromatic N) is 2. The maximum atomic E-state index is 11.5. The zero-order valence-electron chi connectivity index (χ0n) is 26.3. The predicted octanol–water partition coefficient (Wildman–Crippen LogP) is 4.58. The van der Waals surface area contributed by atoms with E-state index in [2.05, 4.69) is 102 Å². The second-order valence-corrected chi connectivity index (χ2v) is 12.5. The number of hydrogen-bond donors (Lipinski definition) is 1. The molecule has 46 heavy (non-hydrogen) atoms. The Kier molecular flexibility index (Phi) is 10.6. The van der Waals surface area contributed by atoms with Gasteiger partial charge in [0, 0.05) is 19.6 Å². The van der Waals surface area contributed by atoms with Crippen LogP contribution in [0.2, 0.25) is 0 Å². The van der Waals surface area contributed by atoms with Crippen LogP contribution in [0.5, 0.6) is 0 Å². The van der Waals surface area contributed by atoms with Gasteiger partial charge in [0.2, 0.25) is 6.29 Å². The van der Waals surface area contributed by atoms with Crippen LogP contribution in [0.25, 0.3) is 0 Å². The summed E-state index contributed by atoms with van der Waals surface area (Å²) < 4.78 is 9.81. The minimum Gasteiger partial charge on any atom is -0.463 e. The van der Waals surface area contributed by atoms with E-state index in [0.717, 1.165) is 45.2 Å². The summed E-state index contributed by atoms with van der Waals surface area (Å²) in [5, 5.41) is 9.63. The van der Waals surface area contributed by atoms with E-state index >= 15 is 0 Å². The van der Waals surface area contributed by atoms with E-state index in [4.69, 9.17) is 9.47 Å². The average molecular weight is 619 g/mol. The summed E-state index contributed by atoms with van der Waals surface area (Å²) in [5.74, 6) is -0.494. The van der Waals surface area contributed by atoms with Crippen molar-refractivity contribution in [3.8, 4) is 0 Å². The van der Waals surface area contributed by atoms with Crippen molar-refractivity contribution < 1.29 is 24.2 Å². The molecule has 2 aliphatic heterocycles. The van der Waals surface area contributed by atoms with Crippen molar-refractivity contribution in [3.05, 3.63) is 142 Å². The third-order valence-corrected chi connectivity index (χ3v) is 8.81. The molecule has 0 saturated carbocycles. The molecule has 2 saturated heterocycles. The summed E-state index contributed by atoms with van der Waals surface area (Å²) in [6, 6.07) is 35.4. The Hall–Kier alpha value is -4.30. The lowest BCUT2D eigenvalue weighted by atomic mass is 9.98. The summed E-state index contributed by atoms with van der Waals surface area (Å²) in [4.78, 5) is 27.1. The molecule has 0 aliphatic carbocycles. The van der Waals surface area contributed by atoms with Crippen LogP contribution in [0.15, 0.2) is 97.1 Å². The zero-order valence-corrected chi connectivity index (χ0v) is 26.3. The van der Waals surface area contributed by atoms with Crippen LogP contribution in [0.4, 0.5) is 0 Å². The lowest BCUT2D eigenvalue weighted by molar-refractivity contribution is -0.183. The van der Waals surface area contributed by atoms with Crippen molar-refractivity contribution in [3.63, 3.8) is 0 Å². The number of benzene rings is 4. The zero-order chi connectivity index (χ0) is 31.7. The van der Waals surface area contributed by atoms with E-state index < -0.39 is 6.29 Å². The van der Waals surface area contributed by atoms with Crippen molar-refractivity contribution >= 4 is 11.9 Å².